The normalized spacial score (nSPS) is 11.9. The molecular formula is C13H20N2O3. The molecule has 5 heteroatoms. The highest BCUT2D eigenvalue weighted by atomic mass is 16.5. The molecule has 0 radical (unpaired) electrons. The van der Waals surface area contributed by atoms with Crippen molar-refractivity contribution in [2.24, 2.45) is 5.73 Å². The summed E-state index contributed by atoms with van der Waals surface area (Å²) in [5.41, 5.74) is 6.14. The van der Waals surface area contributed by atoms with Gasteiger partial charge < -0.3 is 20.5 Å². The lowest BCUT2D eigenvalue weighted by Crippen LogP contribution is -2.31. The number of hydrogen-bond acceptors (Lipinski definition) is 4. The van der Waals surface area contributed by atoms with Crippen LogP contribution in [0.1, 0.15) is 19.4 Å². The summed E-state index contributed by atoms with van der Waals surface area (Å²) >= 11 is 0. The molecule has 0 saturated heterocycles. The number of primary amides is 1. The van der Waals surface area contributed by atoms with Crippen LogP contribution in [0.2, 0.25) is 0 Å². The third-order valence-corrected chi connectivity index (χ3v) is 2.54. The lowest BCUT2D eigenvalue weighted by Gasteiger charge is -2.18. The maximum absolute atomic E-state index is 11.1. The summed E-state index contributed by atoms with van der Waals surface area (Å²) < 4.78 is 10.8. The first-order chi connectivity index (χ1) is 8.60. The first kappa shape index (κ1) is 14.3. The SMILES string of the molecule is CCNCc1cccc(OC)c1OC(C)C(N)=O. The number of amides is 1. The standard InChI is InChI=1S/C13H20N2O3/c1-4-15-8-10-6-5-7-11(17-3)12(10)18-9(2)13(14)16/h5-7,9,15H,4,8H2,1-3H3,(H2,14,16). The summed E-state index contributed by atoms with van der Waals surface area (Å²) in [6.07, 6.45) is -0.693. The number of ether oxygens (including phenoxy) is 2. The summed E-state index contributed by atoms with van der Waals surface area (Å²) in [7, 11) is 1.56. The molecule has 0 bridgehead atoms. The number of rotatable bonds is 7. The number of benzene rings is 1. The minimum absolute atomic E-state index is 0.504. The number of methoxy groups -OCH3 is 1. The molecule has 1 amide bonds. The van der Waals surface area contributed by atoms with Crippen molar-refractivity contribution in [2.75, 3.05) is 13.7 Å². The van der Waals surface area contributed by atoms with Gasteiger partial charge >= 0.3 is 0 Å². The van der Waals surface area contributed by atoms with Crippen LogP contribution in [-0.4, -0.2) is 25.7 Å². The quantitative estimate of drug-likeness (QED) is 0.761. The Kier molecular flexibility index (Phi) is 5.45. The second-order valence-electron chi connectivity index (χ2n) is 3.89. The van der Waals surface area contributed by atoms with Gasteiger partial charge in [-0.05, 0) is 19.5 Å². The van der Waals surface area contributed by atoms with Crippen molar-refractivity contribution in [1.82, 2.24) is 5.32 Å². The molecule has 0 aliphatic rings. The Bertz CT molecular complexity index is 407. The van der Waals surface area contributed by atoms with Gasteiger partial charge in [0.2, 0.25) is 0 Å². The molecule has 1 unspecified atom stereocenters. The van der Waals surface area contributed by atoms with E-state index in [0.29, 0.717) is 18.0 Å². The van der Waals surface area contributed by atoms with Crippen molar-refractivity contribution in [3.05, 3.63) is 23.8 Å². The van der Waals surface area contributed by atoms with E-state index < -0.39 is 12.0 Å². The Labute approximate surface area is 107 Å². The van der Waals surface area contributed by atoms with E-state index in [1.807, 2.05) is 19.1 Å². The van der Waals surface area contributed by atoms with Crippen molar-refractivity contribution in [1.29, 1.82) is 0 Å². The summed E-state index contributed by atoms with van der Waals surface area (Å²) in [5, 5.41) is 3.21. The average Bonchev–Trinajstić information content (AvgIpc) is 2.37. The van der Waals surface area contributed by atoms with Gasteiger partial charge in [0.05, 0.1) is 7.11 Å². The number of para-hydroxylation sites is 1. The first-order valence-corrected chi connectivity index (χ1v) is 5.92. The Morgan fingerprint density at radius 1 is 1.50 bits per heavy atom. The monoisotopic (exact) mass is 252 g/mol. The van der Waals surface area contributed by atoms with Crippen LogP contribution in [0.25, 0.3) is 0 Å². The van der Waals surface area contributed by atoms with Crippen molar-refractivity contribution in [3.63, 3.8) is 0 Å². The Morgan fingerprint density at radius 2 is 2.22 bits per heavy atom. The molecule has 1 atom stereocenters. The van der Waals surface area contributed by atoms with Gasteiger partial charge in [0.15, 0.2) is 17.6 Å². The Hall–Kier alpha value is -1.75. The first-order valence-electron chi connectivity index (χ1n) is 5.92. The largest absolute Gasteiger partial charge is 0.493 e. The predicted octanol–water partition coefficient (Wildman–Crippen LogP) is 1.06. The molecule has 0 aliphatic carbocycles. The fourth-order valence-electron chi connectivity index (χ4n) is 1.49. The minimum atomic E-state index is -0.693. The van der Waals surface area contributed by atoms with E-state index in [0.717, 1.165) is 12.1 Å². The van der Waals surface area contributed by atoms with Crippen molar-refractivity contribution in [3.8, 4) is 11.5 Å². The molecule has 1 rings (SSSR count). The molecule has 0 heterocycles. The van der Waals surface area contributed by atoms with Crippen LogP contribution in [0.15, 0.2) is 18.2 Å². The second kappa shape index (κ2) is 6.86. The number of nitrogens with two attached hydrogens (primary N) is 1. The average molecular weight is 252 g/mol. The maximum Gasteiger partial charge on any atom is 0.258 e. The van der Waals surface area contributed by atoms with E-state index in [9.17, 15) is 4.79 Å². The van der Waals surface area contributed by atoms with Gasteiger partial charge in [0.1, 0.15) is 0 Å². The fraction of sp³-hybridized carbons (Fsp3) is 0.462. The molecule has 0 aliphatic heterocycles. The summed E-state index contributed by atoms with van der Waals surface area (Å²) in [6, 6.07) is 5.60. The molecule has 0 saturated carbocycles. The number of carbonyl (C=O) groups is 1. The van der Waals surface area contributed by atoms with Gasteiger partial charge in [0, 0.05) is 12.1 Å². The zero-order valence-corrected chi connectivity index (χ0v) is 11.0. The van der Waals surface area contributed by atoms with Gasteiger partial charge in [-0.25, -0.2) is 0 Å². The lowest BCUT2D eigenvalue weighted by molar-refractivity contribution is -0.124. The predicted molar refractivity (Wildman–Crippen MR) is 69.7 cm³/mol. The van der Waals surface area contributed by atoms with Crippen LogP contribution < -0.4 is 20.5 Å². The van der Waals surface area contributed by atoms with Crippen LogP contribution >= 0.6 is 0 Å². The Balaban J connectivity index is 2.99. The fourth-order valence-corrected chi connectivity index (χ4v) is 1.49. The van der Waals surface area contributed by atoms with Gasteiger partial charge in [-0.1, -0.05) is 19.1 Å². The highest BCUT2D eigenvalue weighted by Gasteiger charge is 2.16. The number of carbonyl (C=O) groups excluding carboxylic acids is 1. The lowest BCUT2D eigenvalue weighted by atomic mass is 10.1. The topological polar surface area (TPSA) is 73.6 Å². The van der Waals surface area contributed by atoms with Crippen LogP contribution in [-0.2, 0) is 11.3 Å². The van der Waals surface area contributed by atoms with Gasteiger partial charge in [-0.3, -0.25) is 4.79 Å². The molecule has 3 N–H and O–H groups in total. The minimum Gasteiger partial charge on any atom is -0.493 e. The maximum atomic E-state index is 11.1. The van der Waals surface area contributed by atoms with Crippen LogP contribution in [0.5, 0.6) is 11.5 Å². The van der Waals surface area contributed by atoms with Gasteiger partial charge in [0.25, 0.3) is 5.91 Å². The second-order valence-corrected chi connectivity index (χ2v) is 3.89. The summed E-state index contributed by atoms with van der Waals surface area (Å²) in [4.78, 5) is 11.1. The van der Waals surface area contributed by atoms with Gasteiger partial charge in [-0.15, -0.1) is 0 Å². The van der Waals surface area contributed by atoms with E-state index in [2.05, 4.69) is 5.32 Å². The van der Waals surface area contributed by atoms with E-state index in [1.165, 1.54) is 0 Å². The molecular weight excluding hydrogens is 232 g/mol. The van der Waals surface area contributed by atoms with Crippen LogP contribution in [0, 0.1) is 0 Å². The zero-order valence-electron chi connectivity index (χ0n) is 11.0. The van der Waals surface area contributed by atoms with E-state index >= 15 is 0 Å². The van der Waals surface area contributed by atoms with Crippen LogP contribution in [0.4, 0.5) is 0 Å². The smallest absolute Gasteiger partial charge is 0.258 e. The highest BCUT2D eigenvalue weighted by Crippen LogP contribution is 2.31. The molecule has 5 nitrogen and oxygen atoms in total. The molecule has 0 aromatic heterocycles. The van der Waals surface area contributed by atoms with E-state index in [4.69, 9.17) is 15.2 Å². The van der Waals surface area contributed by atoms with E-state index in [-0.39, 0.29) is 0 Å². The third kappa shape index (κ3) is 3.63. The number of hydrogen-bond donors (Lipinski definition) is 2. The molecule has 0 fully saturated rings. The molecule has 100 valence electrons. The third-order valence-electron chi connectivity index (χ3n) is 2.54. The Morgan fingerprint density at radius 3 is 2.78 bits per heavy atom. The van der Waals surface area contributed by atoms with Crippen molar-refractivity contribution < 1.29 is 14.3 Å². The van der Waals surface area contributed by atoms with Gasteiger partial charge in [-0.2, -0.15) is 0 Å². The highest BCUT2D eigenvalue weighted by molar-refractivity contribution is 5.78. The zero-order chi connectivity index (χ0) is 13.5. The van der Waals surface area contributed by atoms with Crippen molar-refractivity contribution in [2.45, 2.75) is 26.5 Å². The van der Waals surface area contributed by atoms with Crippen LogP contribution in [0.3, 0.4) is 0 Å². The molecule has 0 spiro atoms. The van der Waals surface area contributed by atoms with Crippen molar-refractivity contribution >= 4 is 5.91 Å². The number of nitrogens with one attached hydrogen (secondary N) is 1. The summed E-state index contributed by atoms with van der Waals surface area (Å²) in [6.45, 7) is 5.13. The molecule has 1 aromatic rings. The van der Waals surface area contributed by atoms with E-state index in [1.54, 1.807) is 20.1 Å². The molecule has 1 aromatic carbocycles. The summed E-state index contributed by atoms with van der Waals surface area (Å²) in [5.74, 6) is 0.654. The molecule has 18 heavy (non-hydrogen) atoms.